The average molecular weight is 575 g/mol. The minimum Gasteiger partial charge on any atom is -0.454 e. The van der Waals surface area contributed by atoms with E-state index in [9.17, 15) is 18.8 Å². The van der Waals surface area contributed by atoms with E-state index >= 15 is 0 Å². The summed E-state index contributed by atoms with van der Waals surface area (Å²) in [5, 5.41) is 0.272. The molecule has 4 heterocycles. The molecule has 8 rings (SSSR count). The summed E-state index contributed by atoms with van der Waals surface area (Å²) in [6, 6.07) is 23.7. The molecule has 1 spiro atoms. The normalized spacial score (nSPS) is 18.2. The smallest absolute Gasteiger partial charge is 0.291 e. The van der Waals surface area contributed by atoms with E-state index in [0.29, 0.717) is 33.9 Å². The monoisotopic (exact) mass is 574 g/mol. The van der Waals surface area contributed by atoms with Crippen LogP contribution in [0.5, 0.6) is 11.5 Å². The first kappa shape index (κ1) is 25.3. The molecule has 2 amide bonds. The summed E-state index contributed by atoms with van der Waals surface area (Å²) < 4.78 is 32.0. The second kappa shape index (κ2) is 9.03. The number of amides is 2. The molecule has 1 atom stereocenters. The van der Waals surface area contributed by atoms with Gasteiger partial charge in [0.1, 0.15) is 11.4 Å². The molecule has 8 nitrogen and oxygen atoms in total. The van der Waals surface area contributed by atoms with Crippen molar-refractivity contribution in [2.45, 2.75) is 25.6 Å². The van der Waals surface area contributed by atoms with E-state index in [1.807, 2.05) is 6.92 Å². The molecular weight excluding hydrogens is 551 g/mol. The van der Waals surface area contributed by atoms with Crippen LogP contribution >= 0.6 is 0 Å². The molecule has 3 aliphatic heterocycles. The van der Waals surface area contributed by atoms with Crippen LogP contribution < -0.4 is 19.8 Å². The van der Waals surface area contributed by atoms with Crippen LogP contribution in [-0.4, -0.2) is 23.5 Å². The molecule has 0 saturated carbocycles. The van der Waals surface area contributed by atoms with Gasteiger partial charge in [-0.15, -0.1) is 0 Å². The summed E-state index contributed by atoms with van der Waals surface area (Å²) in [6.45, 7) is 1.80. The Morgan fingerprint density at radius 1 is 0.860 bits per heavy atom. The summed E-state index contributed by atoms with van der Waals surface area (Å²) >= 11 is 0. The third-order valence-corrected chi connectivity index (χ3v) is 8.46. The Hall–Kier alpha value is -5.44. The minimum absolute atomic E-state index is 0.0372. The van der Waals surface area contributed by atoms with Crippen molar-refractivity contribution in [3.8, 4) is 11.5 Å². The molecule has 212 valence electrons. The number of fused-ring (bicyclic) bond motifs is 6. The maximum absolute atomic E-state index is 14.9. The Bertz CT molecular complexity index is 2090. The summed E-state index contributed by atoms with van der Waals surface area (Å²) in [5.74, 6) is -0.683. The number of anilines is 1. The Kier molecular flexibility index (Phi) is 5.31. The SMILES string of the molecule is Cc1ccc2oc3c(c(=O)c2c1)C1(C(=O)N(Cc2ccccc2F)c2ccccc21)N(Cc1ccc2c(c1)OCO2)C3=O. The van der Waals surface area contributed by atoms with Gasteiger partial charge in [0, 0.05) is 17.7 Å². The summed E-state index contributed by atoms with van der Waals surface area (Å²) in [4.78, 5) is 46.5. The van der Waals surface area contributed by atoms with Crippen LogP contribution in [0.3, 0.4) is 0 Å². The van der Waals surface area contributed by atoms with Crippen LogP contribution in [0.25, 0.3) is 11.0 Å². The van der Waals surface area contributed by atoms with Crippen molar-refractivity contribution < 1.29 is 27.9 Å². The molecule has 43 heavy (non-hydrogen) atoms. The highest BCUT2D eigenvalue weighted by atomic mass is 19.1. The number of hydrogen-bond acceptors (Lipinski definition) is 6. The number of carbonyl (C=O) groups excluding carboxylic acids is 2. The summed E-state index contributed by atoms with van der Waals surface area (Å²) in [7, 11) is 0. The molecule has 0 saturated heterocycles. The highest BCUT2D eigenvalue weighted by molar-refractivity contribution is 6.17. The number of hydrogen-bond donors (Lipinski definition) is 0. The molecule has 0 aliphatic carbocycles. The second-order valence-corrected chi connectivity index (χ2v) is 10.9. The molecule has 0 N–H and O–H groups in total. The van der Waals surface area contributed by atoms with Gasteiger partial charge >= 0.3 is 0 Å². The second-order valence-electron chi connectivity index (χ2n) is 10.9. The largest absolute Gasteiger partial charge is 0.454 e. The fourth-order valence-electron chi connectivity index (χ4n) is 6.50. The summed E-state index contributed by atoms with van der Waals surface area (Å²) in [5.41, 5.74) is 0.635. The zero-order valence-corrected chi connectivity index (χ0v) is 22.9. The number of benzene rings is 4. The Morgan fingerprint density at radius 3 is 2.51 bits per heavy atom. The van der Waals surface area contributed by atoms with Crippen molar-refractivity contribution in [2.24, 2.45) is 0 Å². The number of para-hydroxylation sites is 1. The molecule has 5 aromatic rings. The van der Waals surface area contributed by atoms with Gasteiger partial charge in [-0.25, -0.2) is 4.39 Å². The maximum Gasteiger partial charge on any atom is 0.291 e. The van der Waals surface area contributed by atoms with E-state index in [1.165, 1.54) is 15.9 Å². The summed E-state index contributed by atoms with van der Waals surface area (Å²) in [6.07, 6.45) is 0. The van der Waals surface area contributed by atoms with Gasteiger partial charge in [-0.05, 0) is 48.9 Å². The number of nitrogens with zero attached hydrogens (tertiary/aromatic N) is 2. The first-order chi connectivity index (χ1) is 20.9. The lowest BCUT2D eigenvalue weighted by molar-refractivity contribution is -0.126. The molecule has 1 aromatic heterocycles. The highest BCUT2D eigenvalue weighted by Gasteiger charge is 2.65. The van der Waals surface area contributed by atoms with Crippen molar-refractivity contribution in [3.63, 3.8) is 0 Å². The number of ether oxygens (including phenoxy) is 2. The maximum atomic E-state index is 14.9. The van der Waals surface area contributed by atoms with E-state index in [-0.39, 0.29) is 42.2 Å². The lowest BCUT2D eigenvalue weighted by Gasteiger charge is -2.34. The van der Waals surface area contributed by atoms with E-state index in [2.05, 4.69) is 0 Å². The fourth-order valence-corrected chi connectivity index (χ4v) is 6.50. The zero-order chi connectivity index (χ0) is 29.5. The van der Waals surface area contributed by atoms with Crippen molar-refractivity contribution >= 4 is 28.5 Å². The van der Waals surface area contributed by atoms with Gasteiger partial charge in [0.25, 0.3) is 11.8 Å². The highest BCUT2D eigenvalue weighted by Crippen LogP contribution is 2.53. The van der Waals surface area contributed by atoms with Gasteiger partial charge in [-0.1, -0.05) is 54.1 Å². The topological polar surface area (TPSA) is 89.3 Å². The van der Waals surface area contributed by atoms with E-state index in [0.717, 1.165) is 5.56 Å². The third-order valence-electron chi connectivity index (χ3n) is 8.46. The molecule has 4 aromatic carbocycles. The minimum atomic E-state index is -1.84. The zero-order valence-electron chi connectivity index (χ0n) is 22.9. The number of carbonyl (C=O) groups is 2. The van der Waals surface area contributed by atoms with Gasteiger partial charge in [-0.2, -0.15) is 0 Å². The van der Waals surface area contributed by atoms with Crippen molar-refractivity contribution in [3.05, 3.63) is 135 Å². The molecular formula is C34H23FN2O6. The lowest BCUT2D eigenvalue weighted by Crippen LogP contribution is -2.53. The van der Waals surface area contributed by atoms with E-state index < -0.39 is 28.6 Å². The predicted octanol–water partition coefficient (Wildman–Crippen LogP) is 5.42. The average Bonchev–Trinajstić information content (AvgIpc) is 3.65. The van der Waals surface area contributed by atoms with Gasteiger partial charge < -0.3 is 23.7 Å². The van der Waals surface area contributed by atoms with E-state index in [4.69, 9.17) is 13.9 Å². The van der Waals surface area contributed by atoms with Gasteiger partial charge in [0.2, 0.25) is 12.6 Å². The third kappa shape index (κ3) is 3.45. The molecule has 0 fully saturated rings. The number of aryl methyl sites for hydroxylation is 1. The first-order valence-electron chi connectivity index (χ1n) is 13.8. The van der Waals surface area contributed by atoms with Crippen molar-refractivity contribution in [2.75, 3.05) is 11.7 Å². The van der Waals surface area contributed by atoms with Crippen LogP contribution in [0.2, 0.25) is 0 Å². The fraction of sp³-hybridized carbons (Fsp3) is 0.147. The molecule has 3 aliphatic rings. The lowest BCUT2D eigenvalue weighted by atomic mass is 9.83. The first-order valence-corrected chi connectivity index (χ1v) is 13.8. The van der Waals surface area contributed by atoms with Crippen LogP contribution in [0.15, 0.2) is 94.1 Å². The number of halogens is 1. The van der Waals surface area contributed by atoms with Crippen LogP contribution in [0, 0.1) is 12.7 Å². The molecule has 1 unspecified atom stereocenters. The van der Waals surface area contributed by atoms with Crippen molar-refractivity contribution in [1.82, 2.24) is 4.90 Å². The standard InChI is InChI=1S/C34H23FN2O6/c1-19-10-12-26-22(14-19)30(38)29-31(43-26)32(39)37(16-20-11-13-27-28(15-20)42-18-41-27)34(29)23-7-3-5-9-25(23)36(33(34)40)17-21-6-2-4-8-24(21)35/h2-15H,16-18H2,1H3. The van der Waals surface area contributed by atoms with Crippen LogP contribution in [0.4, 0.5) is 10.1 Å². The van der Waals surface area contributed by atoms with Gasteiger partial charge in [0.05, 0.1) is 23.2 Å². The van der Waals surface area contributed by atoms with E-state index in [1.54, 1.807) is 78.9 Å². The Balaban J connectivity index is 1.39. The quantitative estimate of drug-likeness (QED) is 0.285. The molecule has 9 heteroatoms. The molecule has 0 bridgehead atoms. The molecule has 0 radical (unpaired) electrons. The van der Waals surface area contributed by atoms with Crippen molar-refractivity contribution in [1.29, 1.82) is 0 Å². The van der Waals surface area contributed by atoms with Gasteiger partial charge in [-0.3, -0.25) is 14.4 Å². The Morgan fingerprint density at radius 2 is 1.65 bits per heavy atom. The Labute approximate surface area is 244 Å². The van der Waals surface area contributed by atoms with Crippen LogP contribution in [-0.2, 0) is 23.4 Å². The number of rotatable bonds is 4. The van der Waals surface area contributed by atoms with Crippen LogP contribution in [0.1, 0.15) is 38.4 Å². The predicted molar refractivity (Wildman–Crippen MR) is 154 cm³/mol. The van der Waals surface area contributed by atoms with Gasteiger partial charge in [0.15, 0.2) is 22.5 Å².